The number of rotatable bonds is 2. The van der Waals surface area contributed by atoms with Crippen LogP contribution in [-0.4, -0.2) is 16.5 Å². The van der Waals surface area contributed by atoms with Gasteiger partial charge in [-0.1, -0.05) is 54.6 Å². The van der Waals surface area contributed by atoms with E-state index in [1.54, 1.807) is 0 Å². The molecule has 22 heavy (non-hydrogen) atoms. The molecular formula is C19H19N3. The fourth-order valence-corrected chi connectivity index (χ4v) is 3.25. The lowest BCUT2D eigenvalue weighted by molar-refractivity contribution is 0.547. The second kappa shape index (κ2) is 5.43. The van der Waals surface area contributed by atoms with Gasteiger partial charge in [0.25, 0.3) is 0 Å². The zero-order chi connectivity index (χ0) is 14.9. The molecule has 2 N–H and O–H groups in total. The Morgan fingerprint density at radius 2 is 1.77 bits per heavy atom. The van der Waals surface area contributed by atoms with Gasteiger partial charge in [-0.05, 0) is 24.5 Å². The van der Waals surface area contributed by atoms with Gasteiger partial charge >= 0.3 is 0 Å². The van der Waals surface area contributed by atoms with Gasteiger partial charge in [0.15, 0.2) is 0 Å². The van der Waals surface area contributed by atoms with Crippen LogP contribution in [0.25, 0.3) is 11.3 Å². The molecule has 1 atom stereocenters. The number of hydrogen-bond acceptors (Lipinski definition) is 2. The first-order chi connectivity index (χ1) is 10.8. The van der Waals surface area contributed by atoms with Crippen LogP contribution < -0.4 is 5.32 Å². The molecule has 3 nitrogen and oxygen atoms in total. The Morgan fingerprint density at radius 3 is 2.64 bits per heavy atom. The van der Waals surface area contributed by atoms with Crippen LogP contribution in [0.5, 0.6) is 0 Å². The quantitative estimate of drug-likeness (QED) is 0.756. The Morgan fingerprint density at radius 1 is 1.00 bits per heavy atom. The molecule has 0 spiro atoms. The van der Waals surface area contributed by atoms with Crippen molar-refractivity contribution in [3.8, 4) is 11.3 Å². The monoisotopic (exact) mass is 289 g/mol. The van der Waals surface area contributed by atoms with Crippen LogP contribution in [-0.2, 0) is 6.42 Å². The van der Waals surface area contributed by atoms with Crippen molar-refractivity contribution < 1.29 is 0 Å². The number of nitrogens with one attached hydrogen (secondary N) is 2. The van der Waals surface area contributed by atoms with Crippen molar-refractivity contribution in [3.05, 3.63) is 77.2 Å². The normalized spacial score (nSPS) is 17.2. The van der Waals surface area contributed by atoms with Crippen molar-refractivity contribution in [1.29, 1.82) is 0 Å². The number of nitrogens with zero attached hydrogens (tertiary/aromatic N) is 1. The number of hydrogen-bond donors (Lipinski definition) is 2. The van der Waals surface area contributed by atoms with Crippen LogP contribution in [0, 0.1) is 6.92 Å². The SMILES string of the molecule is Cc1[nH]c(C2NCCc3ccccc32)nc1-c1ccccc1. The summed E-state index contributed by atoms with van der Waals surface area (Å²) in [6.07, 6.45) is 1.08. The molecule has 3 aromatic rings. The molecule has 1 unspecified atom stereocenters. The van der Waals surface area contributed by atoms with Gasteiger partial charge < -0.3 is 10.3 Å². The minimum Gasteiger partial charge on any atom is -0.344 e. The largest absolute Gasteiger partial charge is 0.344 e. The molecule has 0 fully saturated rings. The van der Waals surface area contributed by atoms with Crippen molar-refractivity contribution in [3.63, 3.8) is 0 Å². The summed E-state index contributed by atoms with van der Waals surface area (Å²) < 4.78 is 0. The second-order valence-electron chi connectivity index (χ2n) is 5.80. The Hall–Kier alpha value is -2.39. The van der Waals surface area contributed by atoms with E-state index < -0.39 is 0 Å². The van der Waals surface area contributed by atoms with E-state index in [-0.39, 0.29) is 6.04 Å². The van der Waals surface area contributed by atoms with Crippen molar-refractivity contribution >= 4 is 0 Å². The smallest absolute Gasteiger partial charge is 0.128 e. The van der Waals surface area contributed by atoms with Crippen LogP contribution in [0.2, 0.25) is 0 Å². The summed E-state index contributed by atoms with van der Waals surface area (Å²) in [4.78, 5) is 8.36. The van der Waals surface area contributed by atoms with E-state index in [9.17, 15) is 0 Å². The van der Waals surface area contributed by atoms with E-state index in [1.807, 2.05) is 6.07 Å². The third-order valence-corrected chi connectivity index (χ3v) is 4.33. The predicted octanol–water partition coefficient (Wildman–Crippen LogP) is 3.62. The molecule has 3 heteroatoms. The molecule has 0 amide bonds. The van der Waals surface area contributed by atoms with E-state index in [2.05, 4.69) is 65.8 Å². The van der Waals surface area contributed by atoms with Gasteiger partial charge in [0.05, 0.1) is 11.7 Å². The van der Waals surface area contributed by atoms with Gasteiger partial charge in [-0.25, -0.2) is 4.98 Å². The second-order valence-corrected chi connectivity index (χ2v) is 5.80. The van der Waals surface area contributed by atoms with Crippen molar-refractivity contribution in [2.45, 2.75) is 19.4 Å². The average molecular weight is 289 g/mol. The summed E-state index contributed by atoms with van der Waals surface area (Å²) in [5.74, 6) is 1.00. The minimum absolute atomic E-state index is 0.154. The van der Waals surface area contributed by atoms with Crippen molar-refractivity contribution in [1.82, 2.24) is 15.3 Å². The minimum atomic E-state index is 0.154. The molecule has 0 saturated heterocycles. The van der Waals surface area contributed by atoms with Crippen LogP contribution in [0.3, 0.4) is 0 Å². The maximum absolute atomic E-state index is 4.88. The summed E-state index contributed by atoms with van der Waals surface area (Å²) in [5, 5.41) is 3.59. The van der Waals surface area contributed by atoms with Gasteiger partial charge in [0, 0.05) is 17.8 Å². The van der Waals surface area contributed by atoms with Gasteiger partial charge in [0.2, 0.25) is 0 Å². The number of aromatic amines is 1. The summed E-state index contributed by atoms with van der Waals surface area (Å²) in [7, 11) is 0. The molecule has 4 rings (SSSR count). The number of aryl methyl sites for hydroxylation is 1. The highest BCUT2D eigenvalue weighted by atomic mass is 15.0. The molecule has 0 saturated carbocycles. The summed E-state index contributed by atoms with van der Waals surface area (Å²) >= 11 is 0. The molecule has 0 radical (unpaired) electrons. The number of fused-ring (bicyclic) bond motifs is 1. The Labute approximate surface area is 130 Å². The Bertz CT molecular complexity index is 789. The van der Waals surface area contributed by atoms with Gasteiger partial charge in [-0.2, -0.15) is 0 Å². The fraction of sp³-hybridized carbons (Fsp3) is 0.211. The van der Waals surface area contributed by atoms with Gasteiger partial charge in [-0.15, -0.1) is 0 Å². The maximum Gasteiger partial charge on any atom is 0.128 e. The van der Waals surface area contributed by atoms with Crippen LogP contribution in [0.15, 0.2) is 54.6 Å². The van der Waals surface area contributed by atoms with E-state index in [4.69, 9.17) is 4.98 Å². The molecule has 0 bridgehead atoms. The Balaban J connectivity index is 1.76. The van der Waals surface area contributed by atoms with Gasteiger partial charge in [0.1, 0.15) is 5.82 Å². The maximum atomic E-state index is 4.88. The number of aromatic nitrogens is 2. The molecule has 0 aliphatic carbocycles. The highest BCUT2D eigenvalue weighted by Gasteiger charge is 2.24. The number of benzene rings is 2. The lowest BCUT2D eigenvalue weighted by Gasteiger charge is -2.25. The third kappa shape index (κ3) is 2.24. The first-order valence-electron chi connectivity index (χ1n) is 7.76. The first kappa shape index (κ1) is 13.3. The molecular weight excluding hydrogens is 270 g/mol. The number of imidazole rings is 1. The molecule has 2 aromatic carbocycles. The van der Waals surface area contributed by atoms with Crippen LogP contribution >= 0.6 is 0 Å². The van der Waals surface area contributed by atoms with Crippen LogP contribution in [0.4, 0.5) is 0 Å². The predicted molar refractivity (Wildman–Crippen MR) is 88.8 cm³/mol. The molecule has 1 aliphatic heterocycles. The van der Waals surface area contributed by atoms with Gasteiger partial charge in [-0.3, -0.25) is 0 Å². The first-order valence-corrected chi connectivity index (χ1v) is 7.76. The molecule has 1 aliphatic rings. The summed E-state index contributed by atoms with van der Waals surface area (Å²) in [5.41, 5.74) is 6.07. The lowest BCUT2D eigenvalue weighted by atomic mass is 9.94. The zero-order valence-electron chi connectivity index (χ0n) is 12.6. The zero-order valence-corrected chi connectivity index (χ0v) is 12.6. The topological polar surface area (TPSA) is 40.7 Å². The summed E-state index contributed by atoms with van der Waals surface area (Å²) in [6, 6.07) is 19.1. The standard InChI is InChI=1S/C19H19N3/c1-13-17(15-8-3-2-4-9-15)22-19(21-13)18-16-10-6-5-7-14(16)11-12-20-18/h2-10,18,20H,11-12H2,1H3,(H,21,22). The van der Waals surface area contributed by atoms with E-state index in [1.165, 1.54) is 11.1 Å². The molecule has 2 heterocycles. The third-order valence-electron chi connectivity index (χ3n) is 4.33. The number of H-pyrrole nitrogens is 1. The fourth-order valence-electron chi connectivity index (χ4n) is 3.25. The highest BCUT2D eigenvalue weighted by Crippen LogP contribution is 2.29. The summed E-state index contributed by atoms with van der Waals surface area (Å²) in [6.45, 7) is 3.08. The highest BCUT2D eigenvalue weighted by molar-refractivity contribution is 5.62. The molecule has 1 aromatic heterocycles. The molecule has 110 valence electrons. The van der Waals surface area contributed by atoms with E-state index in [0.29, 0.717) is 0 Å². The van der Waals surface area contributed by atoms with E-state index in [0.717, 1.165) is 35.7 Å². The van der Waals surface area contributed by atoms with E-state index >= 15 is 0 Å². The lowest BCUT2D eigenvalue weighted by Crippen LogP contribution is -2.31. The van der Waals surface area contributed by atoms with Crippen LogP contribution in [0.1, 0.15) is 28.7 Å². The van der Waals surface area contributed by atoms with Crippen molar-refractivity contribution in [2.24, 2.45) is 0 Å². The average Bonchev–Trinajstić information content (AvgIpc) is 2.97. The van der Waals surface area contributed by atoms with Crippen molar-refractivity contribution in [2.75, 3.05) is 6.54 Å². The Kier molecular flexibility index (Phi) is 3.28.